The van der Waals surface area contributed by atoms with Crippen LogP contribution in [0.2, 0.25) is 0 Å². The fourth-order valence-electron chi connectivity index (χ4n) is 1.96. The van der Waals surface area contributed by atoms with Crippen molar-refractivity contribution in [3.05, 3.63) is 18.6 Å². The Morgan fingerprint density at radius 1 is 1.38 bits per heavy atom. The van der Waals surface area contributed by atoms with Crippen LogP contribution in [0.3, 0.4) is 0 Å². The average molecular weight is 230 g/mol. The molecule has 0 aromatic carbocycles. The van der Waals surface area contributed by atoms with Crippen molar-refractivity contribution in [3.63, 3.8) is 0 Å². The van der Waals surface area contributed by atoms with Gasteiger partial charge in [-0.25, -0.2) is 9.97 Å². The molecule has 1 aromatic heterocycles. The van der Waals surface area contributed by atoms with E-state index >= 15 is 0 Å². The second-order valence-electron chi connectivity index (χ2n) is 3.76. The predicted molar refractivity (Wildman–Crippen MR) is 51.9 cm³/mol. The number of rotatable bonds is 1. The largest absolute Gasteiger partial charge is 0.408 e. The molecule has 1 aliphatic rings. The minimum Gasteiger partial charge on any atom is -0.344 e. The Morgan fingerprint density at radius 3 is 2.81 bits per heavy atom. The highest BCUT2D eigenvalue weighted by Crippen LogP contribution is 2.33. The summed E-state index contributed by atoms with van der Waals surface area (Å²) in [6.45, 7) is 0.384. The standard InChI is InChI=1S/C10H11F3N3/c11-10(12,13)8-3-1-2-6-16(8)9-4-5-14-7-15-9/h4-5,8H,1-3,6H2. The van der Waals surface area contributed by atoms with Crippen LogP contribution in [0.4, 0.5) is 19.0 Å². The first-order valence-electron chi connectivity index (χ1n) is 5.11. The molecule has 1 atom stereocenters. The molecule has 1 fully saturated rings. The second kappa shape index (κ2) is 4.27. The Bertz CT molecular complexity index is 339. The van der Waals surface area contributed by atoms with Crippen LogP contribution in [0.15, 0.2) is 12.3 Å². The zero-order valence-electron chi connectivity index (χ0n) is 8.54. The highest BCUT2D eigenvalue weighted by molar-refractivity contribution is 5.39. The molecule has 0 aliphatic carbocycles. The summed E-state index contributed by atoms with van der Waals surface area (Å²) < 4.78 is 38.3. The molecule has 2 rings (SSSR count). The summed E-state index contributed by atoms with van der Waals surface area (Å²) in [6, 6.07) is 0.0603. The molecule has 1 aromatic rings. The third-order valence-corrected chi connectivity index (χ3v) is 2.70. The fourth-order valence-corrected chi connectivity index (χ4v) is 1.96. The lowest BCUT2D eigenvalue weighted by molar-refractivity contribution is -0.152. The number of aromatic nitrogens is 2. The predicted octanol–water partition coefficient (Wildman–Crippen LogP) is 2.20. The maximum Gasteiger partial charge on any atom is 0.408 e. The van der Waals surface area contributed by atoms with Crippen LogP contribution < -0.4 is 4.90 Å². The first-order valence-corrected chi connectivity index (χ1v) is 5.11. The van der Waals surface area contributed by atoms with E-state index < -0.39 is 12.2 Å². The van der Waals surface area contributed by atoms with Gasteiger partial charge in [0.2, 0.25) is 0 Å². The molecule has 1 radical (unpaired) electrons. The first-order chi connectivity index (χ1) is 7.59. The summed E-state index contributed by atoms with van der Waals surface area (Å²) >= 11 is 0. The van der Waals surface area contributed by atoms with E-state index in [4.69, 9.17) is 0 Å². The molecule has 1 unspecified atom stereocenters. The van der Waals surface area contributed by atoms with Crippen molar-refractivity contribution < 1.29 is 13.2 Å². The summed E-state index contributed by atoms with van der Waals surface area (Å²) in [5, 5.41) is 0. The summed E-state index contributed by atoms with van der Waals surface area (Å²) in [6.07, 6.45) is 1.02. The quantitative estimate of drug-likeness (QED) is 0.740. The monoisotopic (exact) mass is 230 g/mol. The number of hydrogen-bond acceptors (Lipinski definition) is 3. The molecule has 2 heterocycles. The molecule has 0 amide bonds. The minimum atomic E-state index is -4.20. The maximum atomic E-state index is 12.8. The van der Waals surface area contributed by atoms with Crippen LogP contribution >= 0.6 is 0 Å². The van der Waals surface area contributed by atoms with Gasteiger partial charge in [-0.05, 0) is 25.3 Å². The number of piperidine rings is 1. The molecule has 87 valence electrons. The van der Waals surface area contributed by atoms with Gasteiger partial charge in [0.15, 0.2) is 6.33 Å². The van der Waals surface area contributed by atoms with Crippen molar-refractivity contribution in [1.29, 1.82) is 0 Å². The van der Waals surface area contributed by atoms with Crippen LogP contribution in [0.1, 0.15) is 19.3 Å². The number of hydrogen-bond donors (Lipinski definition) is 0. The van der Waals surface area contributed by atoms with Crippen LogP contribution in [0, 0.1) is 6.33 Å². The van der Waals surface area contributed by atoms with Gasteiger partial charge < -0.3 is 4.90 Å². The Labute approximate surface area is 91.3 Å². The Morgan fingerprint density at radius 2 is 2.19 bits per heavy atom. The Hall–Kier alpha value is -1.33. The average Bonchev–Trinajstić information content (AvgIpc) is 2.29. The van der Waals surface area contributed by atoms with Gasteiger partial charge in [0.05, 0.1) is 0 Å². The van der Waals surface area contributed by atoms with Crippen molar-refractivity contribution in [1.82, 2.24) is 9.97 Å². The number of nitrogens with zero attached hydrogens (tertiary/aromatic N) is 3. The van der Waals surface area contributed by atoms with E-state index in [0.29, 0.717) is 18.8 Å². The lowest BCUT2D eigenvalue weighted by Gasteiger charge is -2.37. The van der Waals surface area contributed by atoms with E-state index in [0.717, 1.165) is 6.42 Å². The van der Waals surface area contributed by atoms with Gasteiger partial charge in [-0.15, -0.1) is 0 Å². The van der Waals surface area contributed by atoms with Gasteiger partial charge in [-0.3, -0.25) is 0 Å². The van der Waals surface area contributed by atoms with Crippen LogP contribution in [0.5, 0.6) is 0 Å². The minimum absolute atomic E-state index is 0.132. The summed E-state index contributed by atoms with van der Waals surface area (Å²) in [5.74, 6) is 0.303. The number of halogens is 3. The van der Waals surface area contributed by atoms with Gasteiger partial charge in [0, 0.05) is 12.7 Å². The maximum absolute atomic E-state index is 12.8. The number of alkyl halides is 3. The molecule has 6 heteroatoms. The van der Waals surface area contributed by atoms with Crippen LogP contribution in [-0.4, -0.2) is 28.7 Å². The molecule has 0 spiro atoms. The lowest BCUT2D eigenvalue weighted by Crippen LogP contribution is -2.49. The number of anilines is 1. The summed E-state index contributed by atoms with van der Waals surface area (Å²) in [5.41, 5.74) is 0. The smallest absolute Gasteiger partial charge is 0.344 e. The van der Waals surface area contributed by atoms with Crippen LogP contribution in [-0.2, 0) is 0 Å². The highest BCUT2D eigenvalue weighted by atomic mass is 19.4. The molecule has 1 saturated heterocycles. The van der Waals surface area contributed by atoms with E-state index in [1.807, 2.05) is 0 Å². The zero-order valence-corrected chi connectivity index (χ0v) is 8.54. The Balaban J connectivity index is 2.24. The summed E-state index contributed by atoms with van der Waals surface area (Å²) in [4.78, 5) is 8.63. The van der Waals surface area contributed by atoms with Gasteiger partial charge >= 0.3 is 6.18 Å². The fraction of sp³-hybridized carbons (Fsp3) is 0.600. The van der Waals surface area contributed by atoms with Gasteiger partial charge in [-0.2, -0.15) is 13.2 Å². The first kappa shape index (κ1) is 11.2. The van der Waals surface area contributed by atoms with Gasteiger partial charge in [0.1, 0.15) is 11.9 Å². The molecule has 1 aliphatic heterocycles. The molecular formula is C10H11F3N3. The van der Waals surface area contributed by atoms with Crippen molar-refractivity contribution in [2.75, 3.05) is 11.4 Å². The van der Waals surface area contributed by atoms with Crippen molar-refractivity contribution in [2.45, 2.75) is 31.5 Å². The molecule has 0 saturated carbocycles. The van der Waals surface area contributed by atoms with Crippen molar-refractivity contribution in [2.24, 2.45) is 0 Å². The molecular weight excluding hydrogens is 219 g/mol. The van der Waals surface area contributed by atoms with Crippen molar-refractivity contribution in [3.8, 4) is 0 Å². The zero-order chi connectivity index (χ0) is 11.6. The third-order valence-electron chi connectivity index (χ3n) is 2.70. The second-order valence-corrected chi connectivity index (χ2v) is 3.76. The SMILES string of the molecule is FC(F)(F)C1CCCCN1c1ccn[c]n1. The molecule has 3 nitrogen and oxygen atoms in total. The van der Waals surface area contributed by atoms with E-state index in [1.165, 1.54) is 17.2 Å². The van der Waals surface area contributed by atoms with E-state index in [1.54, 1.807) is 0 Å². The third kappa shape index (κ3) is 2.25. The molecule has 16 heavy (non-hydrogen) atoms. The highest BCUT2D eigenvalue weighted by Gasteiger charge is 2.44. The van der Waals surface area contributed by atoms with E-state index in [9.17, 15) is 13.2 Å². The molecule has 0 bridgehead atoms. The normalized spacial score (nSPS) is 22.2. The summed E-state index contributed by atoms with van der Waals surface area (Å²) in [7, 11) is 0. The Kier molecular flexibility index (Phi) is 2.98. The van der Waals surface area contributed by atoms with Gasteiger partial charge in [0.25, 0.3) is 0 Å². The van der Waals surface area contributed by atoms with Crippen molar-refractivity contribution >= 4 is 5.82 Å². The van der Waals surface area contributed by atoms with Gasteiger partial charge in [-0.1, -0.05) is 0 Å². The topological polar surface area (TPSA) is 29.0 Å². The van der Waals surface area contributed by atoms with E-state index in [2.05, 4.69) is 16.3 Å². The van der Waals surface area contributed by atoms with Crippen LogP contribution in [0.25, 0.3) is 0 Å². The lowest BCUT2D eigenvalue weighted by atomic mass is 10.0. The van der Waals surface area contributed by atoms with E-state index in [-0.39, 0.29) is 6.42 Å². The molecule has 0 N–H and O–H groups in total.